The van der Waals surface area contributed by atoms with Crippen LogP contribution in [0.3, 0.4) is 0 Å². The number of ether oxygens (including phenoxy) is 2. The van der Waals surface area contributed by atoms with Gasteiger partial charge in [0, 0.05) is 31.8 Å². The minimum Gasteiger partial charge on any atom is -0.499 e. The predicted octanol–water partition coefficient (Wildman–Crippen LogP) is 8.52. The molecule has 0 radical (unpaired) electrons. The van der Waals surface area contributed by atoms with Crippen LogP contribution in [0.4, 0.5) is 0 Å². The van der Waals surface area contributed by atoms with Crippen molar-refractivity contribution in [1.82, 2.24) is 0 Å². The third-order valence-corrected chi connectivity index (χ3v) is 6.48. The minimum atomic E-state index is -0.415. The highest BCUT2D eigenvalue weighted by Gasteiger charge is 2.21. The first-order valence-electron chi connectivity index (χ1n) is 14.2. The van der Waals surface area contributed by atoms with Crippen LogP contribution in [0.5, 0.6) is 0 Å². The highest BCUT2D eigenvalue weighted by Crippen LogP contribution is 2.22. The number of nitrogens with zero attached hydrogens (tertiary/aromatic N) is 1. The monoisotopic (exact) mass is 481 g/mol. The van der Waals surface area contributed by atoms with Crippen molar-refractivity contribution in [2.45, 2.75) is 143 Å². The Morgan fingerprint density at radius 1 is 0.941 bits per heavy atom. The maximum absolute atomic E-state index is 10.6. The molecule has 0 spiro atoms. The minimum absolute atomic E-state index is 0.0524. The summed E-state index contributed by atoms with van der Waals surface area (Å²) in [6.45, 7) is 16.5. The maximum atomic E-state index is 10.6. The molecule has 2 unspecified atom stereocenters. The molecule has 1 N–H and O–H groups in total. The summed E-state index contributed by atoms with van der Waals surface area (Å²) in [5.74, 6) is 1.42. The van der Waals surface area contributed by atoms with Crippen molar-refractivity contribution in [1.29, 1.82) is 0 Å². The average molecular weight is 482 g/mol. The summed E-state index contributed by atoms with van der Waals surface area (Å²) >= 11 is 0. The van der Waals surface area contributed by atoms with Gasteiger partial charge in [0.15, 0.2) is 0 Å². The number of hydrogen-bond acceptors (Lipinski definition) is 4. The first-order chi connectivity index (χ1) is 16.2. The highest BCUT2D eigenvalue weighted by molar-refractivity contribution is 5.64. The predicted molar refractivity (Wildman–Crippen MR) is 149 cm³/mol. The van der Waals surface area contributed by atoms with Crippen molar-refractivity contribution >= 4 is 6.21 Å². The number of hydrogen-bond donors (Lipinski definition) is 1. The molecule has 2 atom stereocenters. The topological polar surface area (TPSA) is 51.0 Å². The molecule has 4 heteroatoms. The van der Waals surface area contributed by atoms with Crippen LogP contribution in [0.15, 0.2) is 17.3 Å². The van der Waals surface area contributed by atoms with Crippen LogP contribution in [0.2, 0.25) is 0 Å². The van der Waals surface area contributed by atoms with Gasteiger partial charge >= 0.3 is 0 Å². The number of methoxy groups -OCH3 is 1. The van der Waals surface area contributed by atoms with Crippen molar-refractivity contribution in [2.24, 2.45) is 16.3 Å². The third-order valence-electron chi connectivity index (χ3n) is 6.48. The molecule has 0 saturated carbocycles. The average Bonchev–Trinajstić information content (AvgIpc) is 2.77. The Balaban J connectivity index is 4.11. The van der Waals surface area contributed by atoms with Gasteiger partial charge in [-0.25, -0.2) is 0 Å². The van der Waals surface area contributed by atoms with E-state index in [1.807, 2.05) is 6.21 Å². The number of aliphatic imine (C=N–C) groups is 1. The van der Waals surface area contributed by atoms with Crippen LogP contribution in [0.25, 0.3) is 0 Å². The van der Waals surface area contributed by atoms with E-state index < -0.39 is 6.10 Å². The van der Waals surface area contributed by atoms with Gasteiger partial charge < -0.3 is 14.6 Å². The Labute approximate surface area is 213 Å². The Morgan fingerprint density at radius 2 is 1.53 bits per heavy atom. The SMILES string of the molecule is C=C(CCCCCCCCCCCC)OCCC(C)(C)C=NC(CC(C)C)C(O)CCCOC. The maximum Gasteiger partial charge on any atom is 0.0888 e. The number of allylic oxidation sites excluding steroid dienone is 1. The first kappa shape index (κ1) is 33.1. The molecule has 0 aromatic rings. The van der Waals surface area contributed by atoms with E-state index in [1.165, 1.54) is 64.2 Å². The zero-order valence-corrected chi connectivity index (χ0v) is 23.7. The Bertz CT molecular complexity index is 501. The van der Waals surface area contributed by atoms with E-state index in [0.29, 0.717) is 19.1 Å². The lowest BCUT2D eigenvalue weighted by Crippen LogP contribution is -2.28. The third kappa shape index (κ3) is 20.5. The van der Waals surface area contributed by atoms with Gasteiger partial charge in [0.25, 0.3) is 0 Å². The van der Waals surface area contributed by atoms with E-state index in [9.17, 15) is 5.11 Å². The standard InChI is InChI=1S/C30H59NO3/c1-8-9-10-11-12-13-14-15-16-17-19-27(4)34-23-21-30(5,6)25-31-28(24-26(2)3)29(32)20-18-22-33-7/h25-26,28-29,32H,4,8-24H2,1-3,5-7H3. The lowest BCUT2D eigenvalue weighted by Gasteiger charge is -2.24. The summed E-state index contributed by atoms with van der Waals surface area (Å²) in [5.41, 5.74) is -0.0705. The number of rotatable bonds is 24. The Morgan fingerprint density at radius 3 is 2.09 bits per heavy atom. The largest absolute Gasteiger partial charge is 0.499 e. The van der Waals surface area contributed by atoms with Crippen LogP contribution in [-0.4, -0.2) is 43.8 Å². The van der Waals surface area contributed by atoms with Crippen molar-refractivity contribution in [3.63, 3.8) is 0 Å². The molecular weight excluding hydrogens is 422 g/mol. The van der Waals surface area contributed by atoms with Crippen LogP contribution < -0.4 is 0 Å². The van der Waals surface area contributed by atoms with Crippen LogP contribution in [-0.2, 0) is 9.47 Å². The zero-order chi connectivity index (χ0) is 25.7. The van der Waals surface area contributed by atoms with E-state index in [-0.39, 0.29) is 11.5 Å². The van der Waals surface area contributed by atoms with Gasteiger partial charge in [-0.2, -0.15) is 0 Å². The fourth-order valence-corrected chi connectivity index (χ4v) is 4.13. The van der Waals surface area contributed by atoms with E-state index in [0.717, 1.165) is 37.9 Å². The van der Waals surface area contributed by atoms with Crippen LogP contribution in [0.1, 0.15) is 131 Å². The molecule has 0 heterocycles. The summed E-state index contributed by atoms with van der Waals surface area (Å²) in [6.07, 6.45) is 19.4. The quantitative estimate of drug-likeness (QED) is 0.0853. The fraction of sp³-hybridized carbons (Fsp3) is 0.900. The van der Waals surface area contributed by atoms with Gasteiger partial charge in [0.05, 0.1) is 24.5 Å². The second-order valence-corrected chi connectivity index (χ2v) is 11.2. The van der Waals surface area contributed by atoms with E-state index in [1.54, 1.807) is 7.11 Å². The van der Waals surface area contributed by atoms with E-state index in [4.69, 9.17) is 14.5 Å². The number of aliphatic hydroxyl groups is 1. The molecule has 34 heavy (non-hydrogen) atoms. The molecule has 0 aromatic carbocycles. The van der Waals surface area contributed by atoms with Gasteiger partial charge in [-0.05, 0) is 38.0 Å². The molecule has 0 saturated heterocycles. The summed E-state index contributed by atoms with van der Waals surface area (Å²) in [5, 5.41) is 10.6. The first-order valence-corrected chi connectivity index (χ1v) is 14.2. The summed E-state index contributed by atoms with van der Waals surface area (Å²) in [6, 6.07) is -0.0524. The molecule has 0 aromatic heterocycles. The van der Waals surface area contributed by atoms with Crippen molar-refractivity contribution < 1.29 is 14.6 Å². The molecule has 4 nitrogen and oxygen atoms in total. The van der Waals surface area contributed by atoms with Gasteiger partial charge in [-0.15, -0.1) is 0 Å². The molecule has 0 aliphatic carbocycles. The van der Waals surface area contributed by atoms with Crippen LogP contribution in [0, 0.1) is 11.3 Å². The molecule has 0 aliphatic rings. The normalized spacial score (nSPS) is 14.1. The number of unbranched alkanes of at least 4 members (excludes halogenated alkanes) is 9. The summed E-state index contributed by atoms with van der Waals surface area (Å²) in [7, 11) is 1.70. The van der Waals surface area contributed by atoms with Crippen molar-refractivity contribution in [3.8, 4) is 0 Å². The van der Waals surface area contributed by atoms with Gasteiger partial charge in [-0.3, -0.25) is 4.99 Å². The van der Waals surface area contributed by atoms with E-state index >= 15 is 0 Å². The summed E-state index contributed by atoms with van der Waals surface area (Å²) in [4.78, 5) is 4.82. The number of aliphatic hydroxyl groups excluding tert-OH is 1. The second kappa shape index (κ2) is 21.4. The van der Waals surface area contributed by atoms with Crippen molar-refractivity contribution in [2.75, 3.05) is 20.3 Å². The molecule has 0 aliphatic heterocycles. The van der Waals surface area contributed by atoms with Gasteiger partial charge in [-0.1, -0.05) is 99.0 Å². The Kier molecular flexibility index (Phi) is 20.9. The lowest BCUT2D eigenvalue weighted by atomic mass is 9.90. The molecule has 0 bridgehead atoms. The molecular formula is C30H59NO3. The molecule has 0 rings (SSSR count). The van der Waals surface area contributed by atoms with E-state index in [2.05, 4.69) is 41.2 Å². The highest BCUT2D eigenvalue weighted by atomic mass is 16.5. The molecule has 0 fully saturated rings. The van der Waals surface area contributed by atoms with Gasteiger partial charge in [0.1, 0.15) is 0 Å². The fourth-order valence-electron chi connectivity index (χ4n) is 4.13. The van der Waals surface area contributed by atoms with Crippen LogP contribution >= 0.6 is 0 Å². The molecule has 202 valence electrons. The zero-order valence-electron chi connectivity index (χ0n) is 23.7. The molecule has 0 amide bonds. The lowest BCUT2D eigenvalue weighted by molar-refractivity contribution is 0.108. The Hall–Kier alpha value is -0.870. The van der Waals surface area contributed by atoms with Crippen molar-refractivity contribution in [3.05, 3.63) is 12.3 Å². The van der Waals surface area contributed by atoms with Gasteiger partial charge in [0.2, 0.25) is 0 Å². The second-order valence-electron chi connectivity index (χ2n) is 11.2. The summed E-state index contributed by atoms with van der Waals surface area (Å²) < 4.78 is 11.0. The smallest absolute Gasteiger partial charge is 0.0888 e.